The van der Waals surface area contributed by atoms with E-state index >= 15 is 0 Å². The zero-order valence-corrected chi connectivity index (χ0v) is 17.5. The predicted molar refractivity (Wildman–Crippen MR) is 113 cm³/mol. The number of hydrogen-bond donors (Lipinski definition) is 0. The highest BCUT2D eigenvalue weighted by atomic mass is 35.5. The second-order valence-electron chi connectivity index (χ2n) is 5.73. The summed E-state index contributed by atoms with van der Waals surface area (Å²) in [6.45, 7) is -0.634. The Bertz CT molecular complexity index is 1040. The minimum atomic E-state index is -0.901. The average molecular weight is 471 g/mol. The molecule has 30 heavy (non-hydrogen) atoms. The molecule has 3 aromatic rings. The molecule has 156 valence electrons. The molecular formula is C19H14Cl3N3O5. The van der Waals surface area contributed by atoms with E-state index in [1.807, 2.05) is 0 Å². The summed E-state index contributed by atoms with van der Waals surface area (Å²) in [4.78, 5) is 19.3. The molecular weight excluding hydrogens is 457 g/mol. The third kappa shape index (κ3) is 5.79. The van der Waals surface area contributed by atoms with Gasteiger partial charge >= 0.3 is 0 Å². The maximum atomic E-state index is 10.8. The van der Waals surface area contributed by atoms with Crippen LogP contribution in [0.25, 0.3) is 11.5 Å². The van der Waals surface area contributed by atoms with Gasteiger partial charge in [0.25, 0.3) is 5.09 Å². The second kappa shape index (κ2) is 10.2. The van der Waals surface area contributed by atoms with Crippen LogP contribution >= 0.6 is 34.8 Å². The van der Waals surface area contributed by atoms with Crippen LogP contribution in [0.15, 0.2) is 61.2 Å². The molecule has 0 fully saturated rings. The van der Waals surface area contributed by atoms with Crippen LogP contribution in [0.4, 0.5) is 0 Å². The molecule has 0 bridgehead atoms. The fraction of sp³-hybridized carbons (Fsp3) is 0.105. The summed E-state index contributed by atoms with van der Waals surface area (Å²) in [7, 11) is 0. The number of halogens is 3. The van der Waals surface area contributed by atoms with E-state index in [2.05, 4.69) is 9.82 Å². The predicted octanol–water partition coefficient (Wildman–Crippen LogP) is 5.43. The average Bonchev–Trinajstić information content (AvgIpc) is 3.23. The molecule has 1 aromatic heterocycles. The Morgan fingerprint density at radius 1 is 1.10 bits per heavy atom. The molecule has 0 spiro atoms. The summed E-state index contributed by atoms with van der Waals surface area (Å²) in [5, 5.41) is 11.2. The van der Waals surface area contributed by atoms with Crippen LogP contribution in [-0.4, -0.2) is 28.0 Å². The lowest BCUT2D eigenvalue weighted by atomic mass is 10.1. The molecule has 2 aromatic carbocycles. The normalized spacial score (nSPS) is 11.6. The van der Waals surface area contributed by atoms with Crippen LogP contribution in [0, 0.1) is 10.1 Å². The molecule has 8 nitrogen and oxygen atoms in total. The Hall–Kier alpha value is -2.94. The molecule has 1 heterocycles. The van der Waals surface area contributed by atoms with E-state index in [4.69, 9.17) is 44.3 Å². The zero-order chi connectivity index (χ0) is 21.5. The molecule has 0 aliphatic carbocycles. The molecule has 0 saturated carbocycles. The monoisotopic (exact) mass is 469 g/mol. The van der Waals surface area contributed by atoms with Gasteiger partial charge in [-0.05, 0) is 42.5 Å². The SMILES string of the molecule is O=[N+]([O-])OC/C(=C(/OCOc1ccc(Cl)cc1)c1ccc(Cl)cc1Cl)n1ccnc1. The quantitative estimate of drug-likeness (QED) is 0.179. The molecule has 0 amide bonds. The summed E-state index contributed by atoms with van der Waals surface area (Å²) < 4.78 is 13.0. The third-order valence-corrected chi connectivity index (χ3v) is 4.60. The van der Waals surface area contributed by atoms with Gasteiger partial charge in [0.15, 0.2) is 5.76 Å². The van der Waals surface area contributed by atoms with Gasteiger partial charge in [0.1, 0.15) is 12.4 Å². The number of hydrogen-bond acceptors (Lipinski definition) is 6. The Morgan fingerprint density at radius 3 is 2.47 bits per heavy atom. The van der Waals surface area contributed by atoms with Gasteiger partial charge in [0.2, 0.25) is 6.79 Å². The van der Waals surface area contributed by atoms with Gasteiger partial charge in [-0.2, -0.15) is 0 Å². The second-order valence-corrected chi connectivity index (χ2v) is 7.01. The van der Waals surface area contributed by atoms with Gasteiger partial charge in [-0.1, -0.05) is 34.8 Å². The highest BCUT2D eigenvalue weighted by Gasteiger charge is 2.18. The van der Waals surface area contributed by atoms with Crippen molar-refractivity contribution in [2.45, 2.75) is 0 Å². The van der Waals surface area contributed by atoms with E-state index in [0.717, 1.165) is 0 Å². The van der Waals surface area contributed by atoms with Crippen molar-refractivity contribution in [1.29, 1.82) is 0 Å². The van der Waals surface area contributed by atoms with Gasteiger partial charge in [-0.3, -0.25) is 0 Å². The summed E-state index contributed by atoms with van der Waals surface area (Å²) >= 11 is 18.2. The molecule has 11 heteroatoms. The van der Waals surface area contributed by atoms with E-state index in [9.17, 15) is 10.1 Å². The van der Waals surface area contributed by atoms with Gasteiger partial charge in [-0.25, -0.2) is 4.98 Å². The molecule has 0 saturated heterocycles. The highest BCUT2D eigenvalue weighted by Crippen LogP contribution is 2.32. The number of ether oxygens (including phenoxy) is 2. The van der Waals surface area contributed by atoms with Gasteiger partial charge in [-0.15, -0.1) is 10.1 Å². The number of rotatable bonds is 9. The Labute approximate surface area is 186 Å². The van der Waals surface area contributed by atoms with E-state index in [-0.39, 0.29) is 23.3 Å². The van der Waals surface area contributed by atoms with Crippen molar-refractivity contribution in [2.24, 2.45) is 0 Å². The van der Waals surface area contributed by atoms with Crippen LogP contribution in [0.3, 0.4) is 0 Å². The van der Waals surface area contributed by atoms with Gasteiger partial charge in [0, 0.05) is 28.0 Å². The van der Waals surface area contributed by atoms with Crippen LogP contribution in [0.1, 0.15) is 5.56 Å². The first-order valence-electron chi connectivity index (χ1n) is 8.39. The molecule has 0 aliphatic rings. The van der Waals surface area contributed by atoms with Crippen LogP contribution in [0.2, 0.25) is 15.1 Å². The fourth-order valence-corrected chi connectivity index (χ4v) is 3.09. The summed E-state index contributed by atoms with van der Waals surface area (Å²) in [5.74, 6) is 0.720. The highest BCUT2D eigenvalue weighted by molar-refractivity contribution is 6.35. The number of imidazole rings is 1. The largest absolute Gasteiger partial charge is 0.457 e. The maximum absolute atomic E-state index is 10.8. The van der Waals surface area contributed by atoms with Gasteiger partial charge in [0.05, 0.1) is 17.0 Å². The maximum Gasteiger partial charge on any atom is 0.294 e. The van der Waals surface area contributed by atoms with Crippen molar-refractivity contribution in [1.82, 2.24) is 9.55 Å². The smallest absolute Gasteiger partial charge is 0.294 e. The van der Waals surface area contributed by atoms with Crippen molar-refractivity contribution < 1.29 is 19.4 Å². The standard InChI is InChI=1S/C19H14Cl3N3O5/c20-13-1-4-15(5-2-13)28-12-29-19(16-6-3-14(21)9-17(16)22)18(10-30-25(26)27)24-8-7-23-11-24/h1-9,11H,10,12H2/b19-18-. The fourth-order valence-electron chi connectivity index (χ4n) is 2.47. The minimum Gasteiger partial charge on any atom is -0.457 e. The van der Waals surface area contributed by atoms with E-state index < -0.39 is 11.7 Å². The lowest BCUT2D eigenvalue weighted by Crippen LogP contribution is -2.13. The molecule has 0 radical (unpaired) electrons. The minimum absolute atomic E-state index is 0.200. The van der Waals surface area contributed by atoms with Crippen molar-refractivity contribution in [3.63, 3.8) is 0 Å². The summed E-state index contributed by atoms with van der Waals surface area (Å²) in [6.07, 6.45) is 4.55. The van der Waals surface area contributed by atoms with E-state index in [1.54, 1.807) is 42.6 Å². The number of benzene rings is 2. The Morgan fingerprint density at radius 2 is 1.83 bits per heavy atom. The molecule has 3 rings (SSSR count). The van der Waals surface area contributed by atoms with Gasteiger partial charge < -0.3 is 18.9 Å². The van der Waals surface area contributed by atoms with Crippen molar-refractivity contribution in [3.8, 4) is 5.75 Å². The van der Waals surface area contributed by atoms with Crippen LogP contribution in [-0.2, 0) is 9.57 Å². The number of nitrogens with zero attached hydrogens (tertiary/aromatic N) is 3. The molecule has 0 unspecified atom stereocenters. The number of aromatic nitrogens is 2. The third-order valence-electron chi connectivity index (χ3n) is 3.80. The first-order valence-corrected chi connectivity index (χ1v) is 9.53. The summed E-state index contributed by atoms with van der Waals surface area (Å²) in [6, 6.07) is 11.5. The Balaban J connectivity index is 1.96. The van der Waals surface area contributed by atoms with Crippen LogP contribution in [0.5, 0.6) is 5.75 Å². The summed E-state index contributed by atoms with van der Waals surface area (Å²) in [5.41, 5.74) is 0.726. The molecule has 0 aliphatic heterocycles. The lowest BCUT2D eigenvalue weighted by Gasteiger charge is -2.18. The topological polar surface area (TPSA) is 88.7 Å². The van der Waals surface area contributed by atoms with Crippen molar-refractivity contribution in [2.75, 3.05) is 13.4 Å². The first kappa shape index (κ1) is 21.8. The Kier molecular flexibility index (Phi) is 7.40. The zero-order valence-electron chi connectivity index (χ0n) is 15.2. The van der Waals surface area contributed by atoms with E-state index in [0.29, 0.717) is 21.4 Å². The molecule has 0 N–H and O–H groups in total. The lowest BCUT2D eigenvalue weighted by molar-refractivity contribution is -0.754. The first-order chi connectivity index (χ1) is 14.4. The van der Waals surface area contributed by atoms with Crippen LogP contribution < -0.4 is 4.74 Å². The van der Waals surface area contributed by atoms with Crippen molar-refractivity contribution in [3.05, 3.63) is 91.9 Å². The van der Waals surface area contributed by atoms with E-state index in [1.165, 1.54) is 23.2 Å². The van der Waals surface area contributed by atoms with Crippen molar-refractivity contribution >= 4 is 46.3 Å². The molecule has 0 atom stereocenters.